The molecular formula is C3H8N2O. The topological polar surface area (TPSA) is 64.6 Å². The first kappa shape index (κ1) is 4.05. The van der Waals surface area contributed by atoms with E-state index in [-0.39, 0.29) is 12.3 Å². The Morgan fingerprint density at radius 2 is 2.17 bits per heavy atom. The Morgan fingerprint density at radius 1 is 1.67 bits per heavy atom. The molecule has 1 aliphatic heterocycles. The lowest BCUT2D eigenvalue weighted by molar-refractivity contribution is 0.376. The minimum absolute atomic E-state index is 0.0602. The van der Waals surface area contributed by atoms with Gasteiger partial charge in [-0.3, -0.25) is 0 Å². The number of epoxide rings is 1. The van der Waals surface area contributed by atoms with E-state index in [1.54, 1.807) is 0 Å². The summed E-state index contributed by atoms with van der Waals surface area (Å²) in [5, 5.41) is 0. The van der Waals surface area contributed by atoms with Gasteiger partial charge in [0.05, 0.1) is 0 Å². The van der Waals surface area contributed by atoms with Gasteiger partial charge in [-0.1, -0.05) is 0 Å². The monoisotopic (exact) mass is 88.1 g/mol. The van der Waals surface area contributed by atoms with E-state index in [4.69, 9.17) is 16.2 Å². The van der Waals surface area contributed by atoms with Crippen molar-refractivity contribution < 1.29 is 4.74 Å². The number of ether oxygens (including phenoxy) is 1. The quantitative estimate of drug-likeness (QED) is 0.389. The van der Waals surface area contributed by atoms with E-state index in [1.807, 2.05) is 0 Å². The largest absolute Gasteiger partial charge is 0.352 e. The van der Waals surface area contributed by atoms with E-state index in [0.717, 1.165) is 0 Å². The zero-order valence-electron chi connectivity index (χ0n) is 3.42. The SMILES string of the molecule is NC[C@@H]1O[C@@H]1N. The highest BCUT2D eigenvalue weighted by molar-refractivity contribution is 4.78. The molecule has 0 radical (unpaired) electrons. The zero-order valence-corrected chi connectivity index (χ0v) is 3.42. The molecule has 1 rings (SSSR count). The highest BCUT2D eigenvalue weighted by atomic mass is 16.6. The van der Waals surface area contributed by atoms with Crippen molar-refractivity contribution in [3.05, 3.63) is 0 Å². The van der Waals surface area contributed by atoms with Crippen LogP contribution in [-0.2, 0) is 4.74 Å². The summed E-state index contributed by atoms with van der Waals surface area (Å²) in [5.41, 5.74) is 10.3. The summed E-state index contributed by atoms with van der Waals surface area (Å²) in [5.74, 6) is 0. The average Bonchev–Trinajstić information content (AvgIpc) is 2.19. The molecule has 36 valence electrons. The van der Waals surface area contributed by atoms with Crippen LogP contribution in [0.2, 0.25) is 0 Å². The zero-order chi connectivity index (χ0) is 4.57. The van der Waals surface area contributed by atoms with Crippen LogP contribution in [0.3, 0.4) is 0 Å². The van der Waals surface area contributed by atoms with E-state index < -0.39 is 0 Å². The Bertz CT molecular complexity index is 54.8. The number of rotatable bonds is 1. The molecular weight excluding hydrogens is 80.0 g/mol. The normalized spacial score (nSPS) is 43.0. The van der Waals surface area contributed by atoms with E-state index in [2.05, 4.69) is 0 Å². The van der Waals surface area contributed by atoms with Crippen LogP contribution in [0.15, 0.2) is 0 Å². The third-order valence-electron chi connectivity index (χ3n) is 0.854. The van der Waals surface area contributed by atoms with Crippen molar-refractivity contribution in [1.29, 1.82) is 0 Å². The maximum absolute atomic E-state index is 5.17. The summed E-state index contributed by atoms with van der Waals surface area (Å²) in [6.45, 7) is 0.557. The standard InChI is InChI=1S/C3H8N2O/c4-1-2-3(5)6-2/h2-3H,1,4-5H2/t2-,3-/m0/s1. The van der Waals surface area contributed by atoms with Crippen molar-refractivity contribution in [3.8, 4) is 0 Å². The molecule has 0 spiro atoms. The fourth-order valence-corrected chi connectivity index (χ4v) is 0.346. The van der Waals surface area contributed by atoms with Crippen LogP contribution in [0.25, 0.3) is 0 Å². The van der Waals surface area contributed by atoms with Gasteiger partial charge in [-0.05, 0) is 0 Å². The van der Waals surface area contributed by atoms with Gasteiger partial charge in [-0.15, -0.1) is 0 Å². The van der Waals surface area contributed by atoms with Crippen molar-refractivity contribution >= 4 is 0 Å². The molecule has 3 nitrogen and oxygen atoms in total. The molecule has 0 aliphatic carbocycles. The average molecular weight is 88.1 g/mol. The van der Waals surface area contributed by atoms with Gasteiger partial charge in [0.25, 0.3) is 0 Å². The van der Waals surface area contributed by atoms with Crippen molar-refractivity contribution in [2.75, 3.05) is 6.54 Å². The lowest BCUT2D eigenvalue weighted by Crippen LogP contribution is -2.14. The van der Waals surface area contributed by atoms with Crippen LogP contribution in [0, 0.1) is 0 Å². The number of hydrogen-bond acceptors (Lipinski definition) is 3. The molecule has 0 aromatic heterocycles. The molecule has 0 bridgehead atoms. The second-order valence-electron chi connectivity index (χ2n) is 1.37. The molecule has 0 amide bonds. The number of hydrogen-bond donors (Lipinski definition) is 2. The first-order valence-corrected chi connectivity index (χ1v) is 1.95. The van der Waals surface area contributed by atoms with Crippen LogP contribution in [0.5, 0.6) is 0 Å². The molecule has 6 heavy (non-hydrogen) atoms. The summed E-state index contributed by atoms with van der Waals surface area (Å²) >= 11 is 0. The van der Waals surface area contributed by atoms with Crippen molar-refractivity contribution in [2.24, 2.45) is 11.5 Å². The lowest BCUT2D eigenvalue weighted by Gasteiger charge is -1.74. The highest BCUT2D eigenvalue weighted by Crippen LogP contribution is 2.12. The van der Waals surface area contributed by atoms with Crippen LogP contribution in [-0.4, -0.2) is 18.9 Å². The van der Waals surface area contributed by atoms with Gasteiger partial charge in [0.1, 0.15) is 12.3 Å². The Morgan fingerprint density at radius 3 is 2.17 bits per heavy atom. The molecule has 0 unspecified atom stereocenters. The fraction of sp³-hybridized carbons (Fsp3) is 1.00. The van der Waals surface area contributed by atoms with Crippen LogP contribution in [0.1, 0.15) is 0 Å². The lowest BCUT2D eigenvalue weighted by atomic mass is 10.4. The highest BCUT2D eigenvalue weighted by Gasteiger charge is 2.32. The summed E-state index contributed by atoms with van der Waals surface area (Å²) in [6, 6.07) is 0. The van der Waals surface area contributed by atoms with E-state index in [1.165, 1.54) is 0 Å². The van der Waals surface area contributed by atoms with E-state index in [0.29, 0.717) is 6.54 Å². The maximum Gasteiger partial charge on any atom is 0.134 e. The van der Waals surface area contributed by atoms with E-state index in [9.17, 15) is 0 Å². The Labute approximate surface area is 36.3 Å². The summed E-state index contributed by atoms with van der Waals surface area (Å²) in [4.78, 5) is 0. The number of nitrogens with two attached hydrogens (primary N) is 2. The van der Waals surface area contributed by atoms with Crippen LogP contribution in [0.4, 0.5) is 0 Å². The summed E-state index contributed by atoms with van der Waals surface area (Å²) in [6.07, 6.45) is 0.0972. The molecule has 1 aliphatic rings. The molecule has 0 aromatic carbocycles. The second kappa shape index (κ2) is 1.18. The summed E-state index contributed by atoms with van der Waals surface area (Å²) in [7, 11) is 0. The van der Waals surface area contributed by atoms with Crippen molar-refractivity contribution in [3.63, 3.8) is 0 Å². The first-order valence-electron chi connectivity index (χ1n) is 1.95. The molecule has 4 N–H and O–H groups in total. The fourth-order valence-electron chi connectivity index (χ4n) is 0.346. The molecule has 2 atom stereocenters. The molecule has 1 fully saturated rings. The van der Waals surface area contributed by atoms with Gasteiger partial charge in [0, 0.05) is 6.54 Å². The van der Waals surface area contributed by atoms with Gasteiger partial charge >= 0.3 is 0 Å². The van der Waals surface area contributed by atoms with Gasteiger partial charge in [0.15, 0.2) is 0 Å². The molecule has 0 aromatic rings. The van der Waals surface area contributed by atoms with Gasteiger partial charge in [-0.2, -0.15) is 0 Å². The van der Waals surface area contributed by atoms with E-state index >= 15 is 0 Å². The Balaban J connectivity index is 2.09. The first-order chi connectivity index (χ1) is 2.84. The minimum Gasteiger partial charge on any atom is -0.352 e. The van der Waals surface area contributed by atoms with Crippen LogP contribution < -0.4 is 11.5 Å². The summed E-state index contributed by atoms with van der Waals surface area (Å²) < 4.78 is 4.72. The molecule has 1 heterocycles. The molecule has 0 saturated carbocycles. The van der Waals surface area contributed by atoms with Gasteiger partial charge < -0.3 is 16.2 Å². The van der Waals surface area contributed by atoms with Crippen LogP contribution >= 0.6 is 0 Å². The van der Waals surface area contributed by atoms with Gasteiger partial charge in [-0.25, -0.2) is 0 Å². The molecule has 1 saturated heterocycles. The smallest absolute Gasteiger partial charge is 0.134 e. The Kier molecular flexibility index (Phi) is 0.799. The van der Waals surface area contributed by atoms with Crippen molar-refractivity contribution in [1.82, 2.24) is 0 Å². The third-order valence-corrected chi connectivity index (χ3v) is 0.854. The molecule has 3 heteroatoms. The maximum atomic E-state index is 5.17. The minimum atomic E-state index is -0.0602. The predicted octanol–water partition coefficient (Wildman–Crippen LogP) is -1.37. The predicted molar refractivity (Wildman–Crippen MR) is 21.9 cm³/mol. The second-order valence-corrected chi connectivity index (χ2v) is 1.37. The third kappa shape index (κ3) is 0.518. The van der Waals surface area contributed by atoms with Crippen molar-refractivity contribution in [2.45, 2.75) is 12.3 Å². The van der Waals surface area contributed by atoms with Gasteiger partial charge in [0.2, 0.25) is 0 Å². The Hall–Kier alpha value is -0.120.